The van der Waals surface area contributed by atoms with Gasteiger partial charge in [-0.25, -0.2) is 13.8 Å². The van der Waals surface area contributed by atoms with Crippen molar-refractivity contribution in [3.63, 3.8) is 0 Å². The minimum Gasteiger partial charge on any atom is -0.444 e. The quantitative estimate of drug-likeness (QED) is 0.658. The van der Waals surface area contributed by atoms with Crippen molar-refractivity contribution in [2.75, 3.05) is 20.3 Å². The zero-order chi connectivity index (χ0) is 14.5. The van der Waals surface area contributed by atoms with Crippen molar-refractivity contribution in [1.29, 1.82) is 0 Å². The van der Waals surface area contributed by atoms with Crippen LogP contribution in [0.5, 0.6) is 0 Å². The zero-order valence-electron chi connectivity index (χ0n) is 10.8. The number of nitrogens with one attached hydrogen (secondary N) is 1. The number of nitrogens with zero attached hydrogens (tertiary/aromatic N) is 1. The minimum absolute atomic E-state index is 0.0154. The van der Waals surface area contributed by atoms with Gasteiger partial charge in [0.15, 0.2) is 0 Å². The van der Waals surface area contributed by atoms with Crippen molar-refractivity contribution < 1.29 is 17.9 Å². The van der Waals surface area contributed by atoms with Gasteiger partial charge in [-0.3, -0.25) is 0 Å². The van der Waals surface area contributed by atoms with Gasteiger partial charge < -0.3 is 14.5 Å². The molecule has 0 atom stereocenters. The third-order valence-corrected chi connectivity index (χ3v) is 2.87. The molecule has 0 aliphatic rings. The molecule has 0 saturated heterocycles. The molecule has 1 aromatic carbocycles. The van der Waals surface area contributed by atoms with E-state index in [1.165, 1.54) is 6.26 Å². The van der Waals surface area contributed by atoms with Gasteiger partial charge in [0.1, 0.15) is 17.9 Å². The Hall–Kier alpha value is -1.50. The Labute approximate surface area is 119 Å². The highest BCUT2D eigenvalue weighted by molar-refractivity contribution is 6.30. The second-order valence-electron chi connectivity index (χ2n) is 4.06. The first kappa shape index (κ1) is 14.9. The van der Waals surface area contributed by atoms with E-state index in [0.717, 1.165) is 12.1 Å². The predicted octanol–water partition coefficient (Wildman–Crippen LogP) is 3.01. The fourth-order valence-corrected chi connectivity index (χ4v) is 1.74. The van der Waals surface area contributed by atoms with Gasteiger partial charge in [0.2, 0.25) is 5.89 Å². The van der Waals surface area contributed by atoms with Crippen LogP contribution >= 0.6 is 11.6 Å². The third kappa shape index (κ3) is 3.53. The van der Waals surface area contributed by atoms with Crippen LogP contribution in [0.25, 0.3) is 11.5 Å². The number of methoxy groups -OCH3 is 1. The highest BCUT2D eigenvalue weighted by atomic mass is 35.5. The molecule has 1 aromatic heterocycles. The average molecular weight is 303 g/mol. The first-order chi connectivity index (χ1) is 9.61. The van der Waals surface area contributed by atoms with Crippen LogP contribution in [0, 0.1) is 11.6 Å². The van der Waals surface area contributed by atoms with Crippen molar-refractivity contribution >= 4 is 11.6 Å². The molecule has 0 unspecified atom stereocenters. The van der Waals surface area contributed by atoms with E-state index < -0.39 is 11.6 Å². The van der Waals surface area contributed by atoms with Crippen molar-refractivity contribution in [2.24, 2.45) is 0 Å². The number of benzene rings is 1. The number of ether oxygens (including phenoxy) is 1. The van der Waals surface area contributed by atoms with E-state index in [2.05, 4.69) is 10.3 Å². The Morgan fingerprint density at radius 3 is 2.90 bits per heavy atom. The Morgan fingerprint density at radius 1 is 1.35 bits per heavy atom. The molecule has 0 aliphatic carbocycles. The second kappa shape index (κ2) is 6.78. The molecule has 0 spiro atoms. The van der Waals surface area contributed by atoms with E-state index in [9.17, 15) is 8.78 Å². The summed E-state index contributed by atoms with van der Waals surface area (Å²) in [7, 11) is 1.60. The Bertz CT molecular complexity index is 590. The molecule has 0 aliphatic heterocycles. The van der Waals surface area contributed by atoms with Crippen molar-refractivity contribution in [3.8, 4) is 11.5 Å². The van der Waals surface area contributed by atoms with Gasteiger partial charge in [-0.05, 0) is 12.1 Å². The summed E-state index contributed by atoms with van der Waals surface area (Å²) in [5, 5.41) is 2.79. The van der Waals surface area contributed by atoms with E-state index in [4.69, 9.17) is 20.8 Å². The lowest BCUT2D eigenvalue weighted by Crippen LogP contribution is -2.18. The van der Waals surface area contributed by atoms with Crippen LogP contribution in [0.2, 0.25) is 5.02 Å². The van der Waals surface area contributed by atoms with Gasteiger partial charge in [-0.1, -0.05) is 11.6 Å². The number of hydrogen-bond acceptors (Lipinski definition) is 4. The summed E-state index contributed by atoms with van der Waals surface area (Å²) in [5.41, 5.74) is 0.529. The Balaban J connectivity index is 2.10. The van der Waals surface area contributed by atoms with Crippen molar-refractivity contribution in [3.05, 3.63) is 40.7 Å². The molecule has 1 N–H and O–H groups in total. The Kier molecular flexibility index (Phi) is 5.05. The lowest BCUT2D eigenvalue weighted by Gasteiger charge is -2.01. The average Bonchev–Trinajstić information content (AvgIpc) is 2.87. The summed E-state index contributed by atoms with van der Waals surface area (Å²) < 4.78 is 37.1. The summed E-state index contributed by atoms with van der Waals surface area (Å²) in [6.07, 6.45) is 1.39. The monoisotopic (exact) mass is 302 g/mol. The fourth-order valence-electron chi connectivity index (χ4n) is 1.59. The molecule has 0 fully saturated rings. The lowest BCUT2D eigenvalue weighted by atomic mass is 10.2. The number of rotatable bonds is 6. The normalized spacial score (nSPS) is 11.0. The molecule has 0 amide bonds. The molecular weight excluding hydrogens is 290 g/mol. The first-order valence-electron chi connectivity index (χ1n) is 5.90. The first-order valence-corrected chi connectivity index (χ1v) is 6.28. The predicted molar refractivity (Wildman–Crippen MR) is 70.4 cm³/mol. The number of oxazole rings is 1. The van der Waals surface area contributed by atoms with Gasteiger partial charge in [0.05, 0.1) is 22.9 Å². The summed E-state index contributed by atoms with van der Waals surface area (Å²) in [6.45, 7) is 1.68. The fraction of sp³-hybridized carbons (Fsp3) is 0.308. The van der Waals surface area contributed by atoms with Crippen LogP contribution in [0.1, 0.15) is 5.69 Å². The summed E-state index contributed by atoms with van der Waals surface area (Å²) in [5.74, 6) is -1.39. The highest BCUT2D eigenvalue weighted by Gasteiger charge is 2.15. The van der Waals surface area contributed by atoms with Crippen LogP contribution in [0.3, 0.4) is 0 Å². The summed E-state index contributed by atoms with van der Waals surface area (Å²) >= 11 is 5.49. The number of hydrogen-bond donors (Lipinski definition) is 1. The molecule has 1 heterocycles. The summed E-state index contributed by atoms with van der Waals surface area (Å²) in [6, 6.07) is 1.86. The van der Waals surface area contributed by atoms with Crippen molar-refractivity contribution in [1.82, 2.24) is 10.3 Å². The molecule has 7 heteroatoms. The largest absolute Gasteiger partial charge is 0.444 e. The van der Waals surface area contributed by atoms with Crippen LogP contribution in [-0.2, 0) is 11.3 Å². The molecular formula is C13H13ClF2N2O2. The van der Waals surface area contributed by atoms with Crippen LogP contribution in [-0.4, -0.2) is 25.2 Å². The molecule has 108 valence electrons. The van der Waals surface area contributed by atoms with E-state index in [-0.39, 0.29) is 16.5 Å². The zero-order valence-corrected chi connectivity index (χ0v) is 11.5. The van der Waals surface area contributed by atoms with Gasteiger partial charge in [-0.2, -0.15) is 0 Å². The maximum absolute atomic E-state index is 13.7. The molecule has 20 heavy (non-hydrogen) atoms. The molecule has 0 saturated carbocycles. The van der Waals surface area contributed by atoms with E-state index >= 15 is 0 Å². The highest BCUT2D eigenvalue weighted by Crippen LogP contribution is 2.27. The molecule has 0 radical (unpaired) electrons. The van der Waals surface area contributed by atoms with Gasteiger partial charge in [0.25, 0.3) is 0 Å². The van der Waals surface area contributed by atoms with Gasteiger partial charge >= 0.3 is 0 Å². The number of aromatic nitrogens is 1. The van der Waals surface area contributed by atoms with Crippen molar-refractivity contribution in [2.45, 2.75) is 6.54 Å². The molecule has 4 nitrogen and oxygen atoms in total. The Morgan fingerprint density at radius 2 is 2.15 bits per heavy atom. The van der Waals surface area contributed by atoms with E-state index in [1.807, 2.05) is 0 Å². The van der Waals surface area contributed by atoms with Gasteiger partial charge in [0, 0.05) is 20.2 Å². The second-order valence-corrected chi connectivity index (χ2v) is 4.47. The SMILES string of the molecule is COCCNCc1coc(-c2cc(F)c(Cl)cc2F)n1. The van der Waals surface area contributed by atoms with E-state index in [1.54, 1.807) is 7.11 Å². The molecule has 0 bridgehead atoms. The third-order valence-electron chi connectivity index (χ3n) is 2.58. The molecule has 2 rings (SSSR count). The maximum Gasteiger partial charge on any atom is 0.229 e. The van der Waals surface area contributed by atoms with Crippen LogP contribution in [0.4, 0.5) is 8.78 Å². The number of halogens is 3. The maximum atomic E-state index is 13.7. The topological polar surface area (TPSA) is 47.3 Å². The minimum atomic E-state index is -0.721. The van der Waals surface area contributed by atoms with Crippen LogP contribution < -0.4 is 5.32 Å². The smallest absolute Gasteiger partial charge is 0.229 e. The van der Waals surface area contributed by atoms with E-state index in [0.29, 0.717) is 25.4 Å². The van der Waals surface area contributed by atoms with Crippen LogP contribution in [0.15, 0.2) is 22.8 Å². The molecule has 2 aromatic rings. The lowest BCUT2D eigenvalue weighted by molar-refractivity contribution is 0.199. The summed E-state index contributed by atoms with van der Waals surface area (Å²) in [4.78, 5) is 4.09. The standard InChI is InChI=1S/C13H13ClF2N2O2/c1-19-3-2-17-6-8-7-20-13(18-8)9-4-12(16)10(14)5-11(9)15/h4-5,7,17H,2-3,6H2,1H3. The van der Waals surface area contributed by atoms with Gasteiger partial charge in [-0.15, -0.1) is 0 Å².